The maximum Gasteiger partial charge on any atom is 0.206 e. The molecule has 0 radical (unpaired) electrons. The second-order valence-electron chi connectivity index (χ2n) is 4.88. The van der Waals surface area contributed by atoms with E-state index in [1.807, 2.05) is 6.07 Å². The van der Waals surface area contributed by atoms with Gasteiger partial charge < -0.3 is 10.3 Å². The number of pyridine rings is 1. The summed E-state index contributed by atoms with van der Waals surface area (Å²) < 4.78 is 13.8. The van der Waals surface area contributed by atoms with E-state index < -0.39 is 6.10 Å². The average molecular weight is 259 g/mol. The molecule has 98 valence electrons. The third kappa shape index (κ3) is 2.08. The number of aryl methyl sites for hydroxylation is 1. The predicted octanol–water partition coefficient (Wildman–Crippen LogP) is 1.90. The number of hydrogen-bond acceptors (Lipinski definition) is 2. The van der Waals surface area contributed by atoms with Crippen molar-refractivity contribution in [3.8, 4) is 0 Å². The molecule has 0 saturated carbocycles. The first-order chi connectivity index (χ1) is 9.16. The largest absolute Gasteiger partial charge is 0.618 e. The van der Waals surface area contributed by atoms with E-state index in [-0.39, 0.29) is 11.7 Å². The Morgan fingerprint density at radius 3 is 2.68 bits per heavy atom. The number of rotatable bonds is 1. The Labute approximate surface area is 110 Å². The van der Waals surface area contributed by atoms with Gasteiger partial charge >= 0.3 is 0 Å². The number of aliphatic hydroxyl groups excluding tert-OH is 1. The molecule has 4 heteroatoms. The lowest BCUT2D eigenvalue weighted by Crippen LogP contribution is -2.41. The number of fused-ring (bicyclic) bond motifs is 1. The minimum absolute atomic E-state index is 0.322. The molecule has 1 aromatic heterocycles. The van der Waals surface area contributed by atoms with E-state index in [0.717, 1.165) is 15.9 Å². The van der Waals surface area contributed by atoms with E-state index in [4.69, 9.17) is 0 Å². The average Bonchev–Trinajstić information content (AvgIpc) is 2.41. The van der Waals surface area contributed by atoms with E-state index in [1.54, 1.807) is 18.2 Å². The van der Waals surface area contributed by atoms with Crippen LogP contribution in [0.4, 0.5) is 4.39 Å². The zero-order chi connectivity index (χ0) is 13.4. The fourth-order valence-corrected chi connectivity index (χ4v) is 2.80. The number of halogens is 1. The lowest BCUT2D eigenvalue weighted by atomic mass is 9.80. The summed E-state index contributed by atoms with van der Waals surface area (Å²) in [6, 6.07) is 9.59. The smallest absolute Gasteiger partial charge is 0.206 e. The second kappa shape index (κ2) is 4.63. The van der Waals surface area contributed by atoms with Crippen molar-refractivity contribution in [1.82, 2.24) is 0 Å². The zero-order valence-corrected chi connectivity index (χ0v) is 10.3. The molecule has 1 aliphatic rings. The van der Waals surface area contributed by atoms with Gasteiger partial charge in [0.25, 0.3) is 0 Å². The Morgan fingerprint density at radius 1 is 1.21 bits per heavy atom. The van der Waals surface area contributed by atoms with Crippen LogP contribution in [0, 0.1) is 11.0 Å². The van der Waals surface area contributed by atoms with Gasteiger partial charge in [-0.15, -0.1) is 0 Å². The van der Waals surface area contributed by atoms with Crippen LogP contribution in [0.1, 0.15) is 29.2 Å². The highest BCUT2D eigenvalue weighted by molar-refractivity contribution is 5.35. The zero-order valence-electron chi connectivity index (χ0n) is 10.3. The Bertz CT molecular complexity index is 598. The van der Waals surface area contributed by atoms with Crippen molar-refractivity contribution in [3.63, 3.8) is 0 Å². The highest BCUT2D eigenvalue weighted by atomic mass is 19.1. The molecule has 1 heterocycles. The van der Waals surface area contributed by atoms with Crippen LogP contribution in [0.5, 0.6) is 0 Å². The molecule has 0 saturated heterocycles. The fraction of sp³-hybridized carbons (Fsp3) is 0.267. The minimum Gasteiger partial charge on any atom is -0.618 e. The first kappa shape index (κ1) is 12.1. The van der Waals surface area contributed by atoms with Crippen LogP contribution < -0.4 is 4.73 Å². The molecule has 0 bridgehead atoms. The van der Waals surface area contributed by atoms with Gasteiger partial charge in [-0.2, -0.15) is 4.73 Å². The molecule has 1 aromatic carbocycles. The van der Waals surface area contributed by atoms with Crippen LogP contribution in [0.2, 0.25) is 0 Å². The standard InChI is InChI=1S/C15H14FNO2/c16-12-6-3-10(4-7-12)14-13(18)8-5-11-2-1-9-17(19)15(11)14/h1-4,6-7,9,13-14,18H,5,8H2. The van der Waals surface area contributed by atoms with E-state index in [1.165, 1.54) is 18.3 Å². The van der Waals surface area contributed by atoms with Crippen molar-refractivity contribution in [2.75, 3.05) is 0 Å². The van der Waals surface area contributed by atoms with Crippen LogP contribution in [0.15, 0.2) is 42.6 Å². The monoisotopic (exact) mass is 259 g/mol. The summed E-state index contributed by atoms with van der Waals surface area (Å²) in [6.45, 7) is 0. The van der Waals surface area contributed by atoms with E-state index in [0.29, 0.717) is 18.5 Å². The molecule has 3 rings (SSSR count). The first-order valence-corrected chi connectivity index (χ1v) is 6.31. The van der Waals surface area contributed by atoms with Gasteiger partial charge in [0.05, 0.1) is 12.0 Å². The molecule has 0 aliphatic heterocycles. The van der Waals surface area contributed by atoms with Crippen LogP contribution in [-0.4, -0.2) is 11.2 Å². The van der Waals surface area contributed by atoms with Gasteiger partial charge in [-0.05, 0) is 36.6 Å². The summed E-state index contributed by atoms with van der Waals surface area (Å²) in [5.74, 6) is -0.708. The number of nitrogens with zero attached hydrogens (tertiary/aromatic N) is 1. The van der Waals surface area contributed by atoms with Gasteiger partial charge in [0.2, 0.25) is 5.69 Å². The van der Waals surface area contributed by atoms with Crippen LogP contribution >= 0.6 is 0 Å². The molecule has 2 unspecified atom stereocenters. The summed E-state index contributed by atoms with van der Waals surface area (Å²) in [6.07, 6.45) is 2.13. The molecule has 3 nitrogen and oxygen atoms in total. The molecule has 1 aliphatic carbocycles. The van der Waals surface area contributed by atoms with Gasteiger partial charge in [0, 0.05) is 11.6 Å². The lowest BCUT2D eigenvalue weighted by Gasteiger charge is -2.28. The molecule has 0 fully saturated rings. The SMILES string of the molecule is [O-][n+]1cccc2c1C(c1ccc(F)cc1)C(O)CC2. The third-order valence-electron chi connectivity index (χ3n) is 3.70. The predicted molar refractivity (Wildman–Crippen MR) is 68.0 cm³/mol. The normalized spacial score (nSPS) is 22.0. The number of benzene rings is 1. The van der Waals surface area contributed by atoms with E-state index in [9.17, 15) is 14.7 Å². The number of hydrogen-bond donors (Lipinski definition) is 1. The van der Waals surface area contributed by atoms with Crippen LogP contribution in [0.25, 0.3) is 0 Å². The highest BCUT2D eigenvalue weighted by Crippen LogP contribution is 2.34. The molecule has 19 heavy (non-hydrogen) atoms. The maximum absolute atomic E-state index is 13.0. The molecule has 0 spiro atoms. The van der Waals surface area contributed by atoms with Crippen molar-refractivity contribution in [2.24, 2.45) is 0 Å². The lowest BCUT2D eigenvalue weighted by molar-refractivity contribution is -0.616. The van der Waals surface area contributed by atoms with E-state index >= 15 is 0 Å². The van der Waals surface area contributed by atoms with Gasteiger partial charge in [-0.3, -0.25) is 0 Å². The molecular formula is C15H14FNO2. The van der Waals surface area contributed by atoms with Crippen molar-refractivity contribution in [1.29, 1.82) is 0 Å². The quantitative estimate of drug-likeness (QED) is 0.628. The summed E-state index contributed by atoms with van der Waals surface area (Å²) in [7, 11) is 0. The molecule has 0 amide bonds. The van der Waals surface area contributed by atoms with Gasteiger partial charge in [-0.25, -0.2) is 4.39 Å². The second-order valence-corrected chi connectivity index (χ2v) is 4.88. The van der Waals surface area contributed by atoms with Crippen molar-refractivity contribution >= 4 is 0 Å². The summed E-state index contributed by atoms with van der Waals surface area (Å²) in [4.78, 5) is 0. The van der Waals surface area contributed by atoms with Crippen molar-refractivity contribution in [2.45, 2.75) is 24.9 Å². The van der Waals surface area contributed by atoms with Crippen molar-refractivity contribution in [3.05, 3.63) is 70.4 Å². The minimum atomic E-state index is -0.611. The summed E-state index contributed by atoms with van der Waals surface area (Å²) >= 11 is 0. The van der Waals surface area contributed by atoms with Gasteiger partial charge in [-0.1, -0.05) is 12.1 Å². The Balaban J connectivity index is 2.13. The first-order valence-electron chi connectivity index (χ1n) is 6.31. The van der Waals surface area contributed by atoms with Crippen molar-refractivity contribution < 1.29 is 14.2 Å². The molecule has 2 aromatic rings. The Kier molecular flexibility index (Phi) is 2.95. The Hall–Kier alpha value is -1.94. The molecular weight excluding hydrogens is 245 g/mol. The Morgan fingerprint density at radius 2 is 1.95 bits per heavy atom. The van der Waals surface area contributed by atoms with Crippen LogP contribution in [0.3, 0.4) is 0 Å². The van der Waals surface area contributed by atoms with Crippen LogP contribution in [-0.2, 0) is 6.42 Å². The van der Waals surface area contributed by atoms with E-state index in [2.05, 4.69) is 0 Å². The molecule has 1 N–H and O–H groups in total. The van der Waals surface area contributed by atoms with Gasteiger partial charge in [0.15, 0.2) is 6.20 Å². The maximum atomic E-state index is 13.0. The molecule has 2 atom stereocenters. The summed E-state index contributed by atoms with van der Waals surface area (Å²) in [5.41, 5.74) is 2.30. The highest BCUT2D eigenvalue weighted by Gasteiger charge is 2.35. The van der Waals surface area contributed by atoms with Gasteiger partial charge in [0.1, 0.15) is 5.82 Å². The third-order valence-corrected chi connectivity index (χ3v) is 3.70. The number of aliphatic hydroxyl groups is 1. The summed E-state index contributed by atoms with van der Waals surface area (Å²) in [5, 5.41) is 22.2. The fourth-order valence-electron chi connectivity index (χ4n) is 2.80. The topological polar surface area (TPSA) is 47.2 Å². The number of aromatic nitrogens is 1.